The summed E-state index contributed by atoms with van der Waals surface area (Å²) in [5, 5.41) is 0. The molecule has 2 fully saturated rings. The van der Waals surface area contributed by atoms with Gasteiger partial charge in [-0.15, -0.1) is 0 Å². The minimum Gasteiger partial charge on any atom is -0.467 e. The van der Waals surface area contributed by atoms with Gasteiger partial charge in [-0.2, -0.15) is 0 Å². The molecule has 1 atom stereocenters. The van der Waals surface area contributed by atoms with Gasteiger partial charge in [-0.1, -0.05) is 0 Å². The predicted octanol–water partition coefficient (Wildman–Crippen LogP) is -1.07. The second-order valence-corrected chi connectivity index (χ2v) is 4.91. The van der Waals surface area contributed by atoms with E-state index >= 15 is 0 Å². The molecule has 0 aromatic rings. The molecule has 21 heavy (non-hydrogen) atoms. The molecule has 8 nitrogen and oxygen atoms in total. The third kappa shape index (κ3) is 3.57. The molecule has 1 unspecified atom stereocenters. The van der Waals surface area contributed by atoms with Crippen molar-refractivity contribution >= 4 is 23.7 Å². The van der Waals surface area contributed by atoms with E-state index in [4.69, 9.17) is 4.74 Å². The fraction of sp³-hybridized carbons (Fsp3) is 0.692. The largest absolute Gasteiger partial charge is 0.467 e. The van der Waals surface area contributed by atoms with Gasteiger partial charge in [0.25, 0.3) is 0 Å². The van der Waals surface area contributed by atoms with E-state index in [9.17, 15) is 19.2 Å². The highest BCUT2D eigenvalue weighted by molar-refractivity contribution is 6.02. The van der Waals surface area contributed by atoms with E-state index in [1.165, 1.54) is 12.0 Å². The Morgan fingerprint density at radius 2 is 1.95 bits per heavy atom. The molecule has 0 radical (unpaired) electrons. The summed E-state index contributed by atoms with van der Waals surface area (Å²) in [7, 11) is 1.26. The maximum atomic E-state index is 12.1. The standard InChI is InChI=1S/C13H18N2O6/c1-20-13(19)9-8-14(6-7-21-9)10(16)4-5-15-11(17)2-3-12(15)18/h9H,2-8H2,1H3. The average molecular weight is 298 g/mol. The van der Waals surface area contributed by atoms with Crippen molar-refractivity contribution in [2.45, 2.75) is 25.4 Å². The second kappa shape index (κ2) is 6.66. The molecule has 0 aromatic carbocycles. The zero-order valence-electron chi connectivity index (χ0n) is 11.9. The number of carbonyl (C=O) groups is 4. The third-order valence-corrected chi connectivity index (χ3v) is 3.59. The Morgan fingerprint density at radius 1 is 1.29 bits per heavy atom. The van der Waals surface area contributed by atoms with Gasteiger partial charge in [0.1, 0.15) is 0 Å². The van der Waals surface area contributed by atoms with E-state index in [2.05, 4.69) is 4.74 Å². The Morgan fingerprint density at radius 3 is 2.57 bits per heavy atom. The van der Waals surface area contributed by atoms with Crippen molar-refractivity contribution in [3.63, 3.8) is 0 Å². The summed E-state index contributed by atoms with van der Waals surface area (Å²) in [5.74, 6) is -1.19. The molecule has 0 saturated carbocycles. The maximum absolute atomic E-state index is 12.1. The van der Waals surface area contributed by atoms with Gasteiger partial charge in [0.2, 0.25) is 17.7 Å². The quantitative estimate of drug-likeness (QED) is 0.484. The molecular weight excluding hydrogens is 280 g/mol. The Labute approximate surface area is 121 Å². The average Bonchev–Trinajstić information content (AvgIpc) is 2.83. The van der Waals surface area contributed by atoms with Crippen LogP contribution >= 0.6 is 0 Å². The molecule has 2 aliphatic heterocycles. The molecule has 2 saturated heterocycles. The SMILES string of the molecule is COC(=O)C1CN(C(=O)CCN2C(=O)CCC2=O)CCO1. The highest BCUT2D eigenvalue weighted by Crippen LogP contribution is 2.13. The van der Waals surface area contributed by atoms with Gasteiger partial charge in [0.05, 0.1) is 20.3 Å². The molecule has 3 amide bonds. The lowest BCUT2D eigenvalue weighted by Gasteiger charge is -2.31. The smallest absolute Gasteiger partial charge is 0.336 e. The zero-order valence-corrected chi connectivity index (χ0v) is 11.9. The molecule has 116 valence electrons. The lowest BCUT2D eigenvalue weighted by atomic mass is 10.2. The number of methoxy groups -OCH3 is 1. The van der Waals surface area contributed by atoms with E-state index in [0.717, 1.165) is 4.90 Å². The van der Waals surface area contributed by atoms with Crippen LogP contribution in [0, 0.1) is 0 Å². The van der Waals surface area contributed by atoms with Crippen LogP contribution in [-0.2, 0) is 28.7 Å². The van der Waals surface area contributed by atoms with Crippen molar-refractivity contribution in [2.24, 2.45) is 0 Å². The van der Waals surface area contributed by atoms with E-state index in [1.54, 1.807) is 0 Å². The molecule has 8 heteroatoms. The molecule has 2 aliphatic rings. The first-order valence-corrected chi connectivity index (χ1v) is 6.83. The summed E-state index contributed by atoms with van der Waals surface area (Å²) >= 11 is 0. The van der Waals surface area contributed by atoms with Crippen molar-refractivity contribution in [2.75, 3.05) is 33.4 Å². The van der Waals surface area contributed by atoms with Crippen molar-refractivity contribution in [3.8, 4) is 0 Å². The normalized spacial score (nSPS) is 22.6. The van der Waals surface area contributed by atoms with Gasteiger partial charge in [0, 0.05) is 32.4 Å². The fourth-order valence-electron chi connectivity index (χ4n) is 2.39. The monoisotopic (exact) mass is 298 g/mol. The van der Waals surface area contributed by atoms with Crippen LogP contribution in [0.1, 0.15) is 19.3 Å². The van der Waals surface area contributed by atoms with E-state index in [0.29, 0.717) is 6.54 Å². The summed E-state index contributed by atoms with van der Waals surface area (Å²) in [5.41, 5.74) is 0. The van der Waals surface area contributed by atoms with Gasteiger partial charge in [-0.25, -0.2) is 4.79 Å². The van der Waals surface area contributed by atoms with Gasteiger partial charge >= 0.3 is 5.97 Å². The molecule has 0 bridgehead atoms. The Balaban J connectivity index is 1.84. The van der Waals surface area contributed by atoms with Crippen molar-refractivity contribution < 1.29 is 28.7 Å². The van der Waals surface area contributed by atoms with Crippen LogP contribution in [-0.4, -0.2) is 72.9 Å². The molecule has 0 spiro atoms. The number of nitrogens with zero attached hydrogens (tertiary/aromatic N) is 2. The van der Waals surface area contributed by atoms with Gasteiger partial charge in [-0.05, 0) is 0 Å². The van der Waals surface area contributed by atoms with Crippen LogP contribution in [0.15, 0.2) is 0 Å². The molecule has 0 aliphatic carbocycles. The predicted molar refractivity (Wildman–Crippen MR) is 68.9 cm³/mol. The number of imide groups is 1. The van der Waals surface area contributed by atoms with Crippen LogP contribution < -0.4 is 0 Å². The van der Waals surface area contributed by atoms with Crippen LogP contribution in [0.25, 0.3) is 0 Å². The summed E-state index contributed by atoms with van der Waals surface area (Å²) in [6.45, 7) is 0.867. The van der Waals surface area contributed by atoms with Crippen LogP contribution in [0.5, 0.6) is 0 Å². The van der Waals surface area contributed by atoms with Crippen molar-refractivity contribution in [1.82, 2.24) is 9.80 Å². The first-order chi connectivity index (χ1) is 10.0. The van der Waals surface area contributed by atoms with E-state index < -0.39 is 12.1 Å². The number of esters is 1. The number of morpholine rings is 1. The van der Waals surface area contributed by atoms with Crippen LogP contribution in [0.4, 0.5) is 0 Å². The molecule has 0 N–H and O–H groups in total. The third-order valence-electron chi connectivity index (χ3n) is 3.59. The lowest BCUT2D eigenvalue weighted by Crippen LogP contribution is -2.49. The van der Waals surface area contributed by atoms with Crippen molar-refractivity contribution in [1.29, 1.82) is 0 Å². The van der Waals surface area contributed by atoms with Crippen LogP contribution in [0.3, 0.4) is 0 Å². The number of rotatable bonds is 4. The van der Waals surface area contributed by atoms with Crippen LogP contribution in [0.2, 0.25) is 0 Å². The summed E-state index contributed by atoms with van der Waals surface area (Å²) in [4.78, 5) is 49.0. The number of hydrogen-bond donors (Lipinski definition) is 0. The Bertz CT molecular complexity index is 448. The molecular formula is C13H18N2O6. The number of amides is 3. The number of hydrogen-bond acceptors (Lipinski definition) is 6. The Hall–Kier alpha value is -1.96. The van der Waals surface area contributed by atoms with E-state index in [-0.39, 0.29) is 56.7 Å². The van der Waals surface area contributed by atoms with E-state index in [1.807, 2.05) is 0 Å². The summed E-state index contributed by atoms with van der Waals surface area (Å²) in [6, 6.07) is 0. The number of likely N-dealkylation sites (tertiary alicyclic amines) is 1. The first-order valence-electron chi connectivity index (χ1n) is 6.83. The Kier molecular flexibility index (Phi) is 4.89. The summed E-state index contributed by atoms with van der Waals surface area (Å²) in [6.07, 6.45) is -0.280. The molecule has 0 aromatic heterocycles. The first kappa shape index (κ1) is 15.4. The summed E-state index contributed by atoms with van der Waals surface area (Å²) < 4.78 is 9.82. The van der Waals surface area contributed by atoms with Crippen molar-refractivity contribution in [3.05, 3.63) is 0 Å². The highest BCUT2D eigenvalue weighted by Gasteiger charge is 2.32. The fourth-order valence-corrected chi connectivity index (χ4v) is 2.39. The maximum Gasteiger partial charge on any atom is 0.336 e. The number of ether oxygens (including phenoxy) is 2. The van der Waals surface area contributed by atoms with Gasteiger partial charge in [-0.3, -0.25) is 19.3 Å². The lowest BCUT2D eigenvalue weighted by molar-refractivity contribution is -0.162. The minimum atomic E-state index is -0.775. The molecule has 2 heterocycles. The molecule has 2 rings (SSSR count). The zero-order chi connectivity index (χ0) is 15.4. The minimum absolute atomic E-state index is 0.0609. The highest BCUT2D eigenvalue weighted by atomic mass is 16.6. The topological polar surface area (TPSA) is 93.2 Å². The van der Waals surface area contributed by atoms with Gasteiger partial charge in [0.15, 0.2) is 6.10 Å². The number of carbonyl (C=O) groups excluding carboxylic acids is 4. The second-order valence-electron chi connectivity index (χ2n) is 4.91. The van der Waals surface area contributed by atoms with Gasteiger partial charge < -0.3 is 14.4 Å².